The number of hydrogen-bond acceptors (Lipinski definition) is 2. The van der Waals surface area contributed by atoms with E-state index in [0.717, 1.165) is 19.3 Å². The van der Waals surface area contributed by atoms with Crippen molar-refractivity contribution < 1.29 is 19.8 Å². The Balaban J connectivity index is 0.000000449. The van der Waals surface area contributed by atoms with Gasteiger partial charge in [-0.1, -0.05) is 13.8 Å². The number of hydrogen-bond donors (Lipinski definition) is 1. The third-order valence-electron chi connectivity index (χ3n) is 4.07. The Morgan fingerprint density at radius 1 is 0.875 bits per heavy atom. The SMILES string of the molecule is CC(C)C(=O)C1=C(F)CCC1.CC(C)NC(=O)C1=C(F)CCCC1.[HH]. The average molecular weight is 343 g/mol. The van der Waals surface area contributed by atoms with Gasteiger partial charge in [0.15, 0.2) is 5.78 Å². The smallest absolute Gasteiger partial charge is 0.250 e. The quantitative estimate of drug-likeness (QED) is 0.765. The second-order valence-corrected chi connectivity index (χ2v) is 6.97. The molecule has 24 heavy (non-hydrogen) atoms. The molecule has 1 N–H and O–H groups in total. The van der Waals surface area contributed by atoms with Crippen LogP contribution in [0.3, 0.4) is 0 Å². The van der Waals surface area contributed by atoms with E-state index in [-0.39, 0.29) is 36.7 Å². The Hall–Kier alpha value is -1.52. The van der Waals surface area contributed by atoms with Crippen molar-refractivity contribution in [3.8, 4) is 0 Å². The summed E-state index contributed by atoms with van der Waals surface area (Å²) in [5.41, 5.74) is 0.806. The number of carbonyl (C=O) groups is 2. The number of halogens is 2. The highest BCUT2D eigenvalue weighted by Gasteiger charge is 2.22. The molecule has 0 aromatic heterocycles. The summed E-state index contributed by atoms with van der Waals surface area (Å²) in [5.74, 6) is -0.700. The summed E-state index contributed by atoms with van der Waals surface area (Å²) < 4.78 is 26.0. The van der Waals surface area contributed by atoms with Crippen LogP contribution in [0.2, 0.25) is 0 Å². The third kappa shape index (κ3) is 6.17. The Bertz CT molecular complexity index is 540. The largest absolute Gasteiger partial charge is 0.350 e. The van der Waals surface area contributed by atoms with Crippen LogP contribution in [0.5, 0.6) is 0 Å². The molecule has 3 nitrogen and oxygen atoms in total. The first-order chi connectivity index (χ1) is 11.2. The van der Waals surface area contributed by atoms with Gasteiger partial charge in [-0.2, -0.15) is 0 Å². The average Bonchev–Trinajstić information content (AvgIpc) is 2.92. The van der Waals surface area contributed by atoms with Crippen LogP contribution in [-0.4, -0.2) is 17.7 Å². The molecule has 1 amide bonds. The molecule has 0 aromatic rings. The molecule has 0 spiro atoms. The summed E-state index contributed by atoms with van der Waals surface area (Å²) >= 11 is 0. The van der Waals surface area contributed by atoms with Gasteiger partial charge in [0, 0.05) is 24.5 Å². The summed E-state index contributed by atoms with van der Waals surface area (Å²) in [6.07, 6.45) is 4.72. The normalized spacial score (nSPS) is 18.0. The highest BCUT2D eigenvalue weighted by atomic mass is 19.1. The van der Waals surface area contributed by atoms with E-state index >= 15 is 0 Å². The van der Waals surface area contributed by atoms with E-state index < -0.39 is 0 Å². The number of ketones is 1. The summed E-state index contributed by atoms with van der Waals surface area (Å²) in [6.45, 7) is 7.36. The maximum Gasteiger partial charge on any atom is 0.250 e. The summed E-state index contributed by atoms with van der Waals surface area (Å²) in [5, 5.41) is 2.71. The minimum Gasteiger partial charge on any atom is -0.350 e. The van der Waals surface area contributed by atoms with Crippen molar-refractivity contribution in [1.29, 1.82) is 0 Å². The fourth-order valence-corrected chi connectivity index (χ4v) is 2.77. The molecule has 2 rings (SSSR count). The topological polar surface area (TPSA) is 46.2 Å². The second-order valence-electron chi connectivity index (χ2n) is 6.97. The van der Waals surface area contributed by atoms with E-state index in [4.69, 9.17) is 0 Å². The fraction of sp³-hybridized carbons (Fsp3) is 0.684. The predicted molar refractivity (Wildman–Crippen MR) is 93.8 cm³/mol. The molecule has 0 unspecified atom stereocenters. The number of Topliss-reactive ketones (excluding diaryl/α,β-unsaturated/α-hetero) is 1. The van der Waals surface area contributed by atoms with Crippen LogP contribution in [-0.2, 0) is 9.59 Å². The number of carbonyl (C=O) groups excluding carboxylic acids is 2. The van der Waals surface area contributed by atoms with Gasteiger partial charge in [0.1, 0.15) is 11.7 Å². The van der Waals surface area contributed by atoms with Crippen molar-refractivity contribution in [2.75, 3.05) is 0 Å². The summed E-state index contributed by atoms with van der Waals surface area (Å²) in [7, 11) is 0. The van der Waals surface area contributed by atoms with E-state index in [1.165, 1.54) is 0 Å². The molecule has 0 saturated carbocycles. The molecule has 0 atom stereocenters. The molecule has 0 aromatic carbocycles. The Morgan fingerprint density at radius 3 is 1.83 bits per heavy atom. The van der Waals surface area contributed by atoms with Crippen molar-refractivity contribution in [3.63, 3.8) is 0 Å². The molecule has 0 saturated heterocycles. The molecule has 2 aliphatic rings. The van der Waals surface area contributed by atoms with Crippen molar-refractivity contribution in [3.05, 3.63) is 22.8 Å². The van der Waals surface area contributed by atoms with Gasteiger partial charge in [-0.25, -0.2) is 8.78 Å². The molecule has 0 aliphatic heterocycles. The maximum absolute atomic E-state index is 13.2. The van der Waals surface area contributed by atoms with Crippen LogP contribution >= 0.6 is 0 Å². The minimum absolute atomic E-state index is 0. The van der Waals surface area contributed by atoms with E-state index in [1.807, 2.05) is 13.8 Å². The highest BCUT2D eigenvalue weighted by Crippen LogP contribution is 2.29. The van der Waals surface area contributed by atoms with E-state index in [1.54, 1.807) is 13.8 Å². The first kappa shape index (κ1) is 20.5. The molecule has 0 radical (unpaired) electrons. The van der Waals surface area contributed by atoms with Crippen molar-refractivity contribution in [2.45, 2.75) is 78.7 Å². The number of allylic oxidation sites excluding steroid dienone is 3. The maximum atomic E-state index is 13.2. The molecule has 5 heteroatoms. The van der Waals surface area contributed by atoms with E-state index in [9.17, 15) is 18.4 Å². The van der Waals surface area contributed by atoms with Crippen LogP contribution in [0.1, 0.15) is 74.1 Å². The van der Waals surface area contributed by atoms with Gasteiger partial charge in [-0.05, 0) is 58.8 Å². The van der Waals surface area contributed by atoms with Crippen molar-refractivity contribution in [2.24, 2.45) is 5.92 Å². The van der Waals surface area contributed by atoms with E-state index in [0.29, 0.717) is 36.8 Å². The van der Waals surface area contributed by atoms with Crippen LogP contribution in [0.15, 0.2) is 22.8 Å². The lowest BCUT2D eigenvalue weighted by Gasteiger charge is -2.16. The van der Waals surface area contributed by atoms with Gasteiger partial charge in [0.25, 0.3) is 0 Å². The Kier molecular flexibility index (Phi) is 8.29. The third-order valence-corrected chi connectivity index (χ3v) is 4.07. The van der Waals surface area contributed by atoms with Gasteiger partial charge in [-0.3, -0.25) is 9.59 Å². The number of nitrogens with one attached hydrogen (secondary N) is 1. The molecule has 0 heterocycles. The van der Waals surface area contributed by atoms with Gasteiger partial charge < -0.3 is 5.32 Å². The molecule has 0 fully saturated rings. The highest BCUT2D eigenvalue weighted by molar-refractivity contribution is 5.97. The summed E-state index contributed by atoms with van der Waals surface area (Å²) in [4.78, 5) is 22.7. The first-order valence-corrected chi connectivity index (χ1v) is 8.84. The Morgan fingerprint density at radius 2 is 1.38 bits per heavy atom. The molecule has 138 valence electrons. The van der Waals surface area contributed by atoms with Gasteiger partial charge in [0.2, 0.25) is 5.91 Å². The molecular weight excluding hydrogens is 312 g/mol. The number of amides is 1. The zero-order valence-corrected chi connectivity index (χ0v) is 15.2. The van der Waals surface area contributed by atoms with Crippen LogP contribution in [0.25, 0.3) is 0 Å². The molecule has 2 aliphatic carbocycles. The summed E-state index contributed by atoms with van der Waals surface area (Å²) in [6, 6.07) is 0.0785. The fourth-order valence-electron chi connectivity index (χ4n) is 2.77. The Labute approximate surface area is 145 Å². The van der Waals surface area contributed by atoms with Crippen molar-refractivity contribution in [1.82, 2.24) is 5.32 Å². The number of rotatable bonds is 4. The van der Waals surface area contributed by atoms with Crippen LogP contribution in [0, 0.1) is 5.92 Å². The standard InChI is InChI=1S/C10H16FNO.C9H13FO.H2/c1-7(2)12-10(13)8-5-3-4-6-9(8)11;1-6(2)9(11)7-4-3-5-8(7)10;/h7H,3-6H2,1-2H3,(H,12,13);6H,3-5H2,1-2H3;1H. The van der Waals surface area contributed by atoms with Crippen molar-refractivity contribution >= 4 is 11.7 Å². The van der Waals surface area contributed by atoms with Gasteiger partial charge in [-0.15, -0.1) is 0 Å². The van der Waals surface area contributed by atoms with Gasteiger partial charge in [0.05, 0.1) is 0 Å². The minimum atomic E-state index is -0.229. The van der Waals surface area contributed by atoms with E-state index in [2.05, 4.69) is 5.32 Å². The first-order valence-electron chi connectivity index (χ1n) is 8.84. The van der Waals surface area contributed by atoms with Gasteiger partial charge >= 0.3 is 0 Å². The lowest BCUT2D eigenvalue weighted by atomic mass is 9.98. The van der Waals surface area contributed by atoms with Crippen LogP contribution < -0.4 is 5.32 Å². The second kappa shape index (κ2) is 9.70. The van der Waals surface area contributed by atoms with Crippen LogP contribution in [0.4, 0.5) is 8.78 Å². The lowest BCUT2D eigenvalue weighted by Crippen LogP contribution is -2.32. The molecule has 0 bridgehead atoms. The zero-order valence-electron chi connectivity index (χ0n) is 15.2. The molecular formula is C19H31F2NO2. The lowest BCUT2D eigenvalue weighted by molar-refractivity contribution is -0.119. The zero-order chi connectivity index (χ0) is 18.3. The monoisotopic (exact) mass is 343 g/mol. The predicted octanol–water partition coefficient (Wildman–Crippen LogP) is 5.17.